The lowest BCUT2D eigenvalue weighted by atomic mass is 9.88. The van der Waals surface area contributed by atoms with Gasteiger partial charge in [-0.2, -0.15) is 0 Å². The minimum Gasteiger partial charge on any atom is -0.508 e. The van der Waals surface area contributed by atoms with E-state index in [0.29, 0.717) is 12.0 Å². The summed E-state index contributed by atoms with van der Waals surface area (Å²) in [6, 6.07) is 6.66. The molecule has 6 nitrogen and oxygen atoms in total. The Morgan fingerprint density at radius 3 is 2.50 bits per heavy atom. The van der Waals surface area contributed by atoms with Gasteiger partial charge in [0.1, 0.15) is 5.75 Å². The Hall–Kier alpha value is -1.88. The Labute approximate surface area is 128 Å². The number of carbonyl (C=O) groups excluding carboxylic acids is 1. The molecular formula is C15H18NO5P. The summed E-state index contributed by atoms with van der Waals surface area (Å²) in [5.74, 6) is -0.108. The van der Waals surface area contributed by atoms with Gasteiger partial charge in [0.15, 0.2) is 5.78 Å². The monoisotopic (exact) mass is 323 g/mol. The lowest BCUT2D eigenvalue weighted by Gasteiger charge is -2.21. The van der Waals surface area contributed by atoms with Gasteiger partial charge in [0.05, 0.1) is 0 Å². The highest BCUT2D eigenvalue weighted by Gasteiger charge is 2.24. The third kappa shape index (κ3) is 4.31. The van der Waals surface area contributed by atoms with Crippen LogP contribution in [-0.4, -0.2) is 20.7 Å². The van der Waals surface area contributed by atoms with Crippen molar-refractivity contribution in [3.63, 3.8) is 0 Å². The number of carbonyl (C=O) groups is 1. The average molecular weight is 323 g/mol. The zero-order chi connectivity index (χ0) is 16.3. The zero-order valence-electron chi connectivity index (χ0n) is 12.1. The number of nitrogens with one attached hydrogen (secondary N) is 1. The molecule has 0 saturated carbocycles. The predicted molar refractivity (Wildman–Crippen MR) is 82.1 cm³/mol. The molecule has 1 aromatic rings. The minimum atomic E-state index is -4.45. The van der Waals surface area contributed by atoms with E-state index in [1.165, 1.54) is 6.08 Å². The molecule has 1 aromatic carbocycles. The van der Waals surface area contributed by atoms with Crippen LogP contribution in [0, 0.1) is 0 Å². The molecule has 1 unspecified atom stereocenters. The van der Waals surface area contributed by atoms with E-state index in [-0.39, 0.29) is 29.6 Å². The van der Waals surface area contributed by atoms with Crippen molar-refractivity contribution < 1.29 is 24.3 Å². The summed E-state index contributed by atoms with van der Waals surface area (Å²) in [6.07, 6.45) is 3.64. The fraction of sp³-hybridized carbons (Fsp3) is 0.267. The first kappa shape index (κ1) is 16.5. The van der Waals surface area contributed by atoms with E-state index in [4.69, 9.17) is 9.79 Å². The third-order valence-corrected chi connectivity index (χ3v) is 4.07. The van der Waals surface area contributed by atoms with Gasteiger partial charge in [0, 0.05) is 17.7 Å². The van der Waals surface area contributed by atoms with E-state index < -0.39 is 7.75 Å². The van der Waals surface area contributed by atoms with E-state index in [1.807, 2.05) is 6.92 Å². The maximum Gasteiger partial charge on any atom is 0.427 e. The number of aromatic hydroxyl groups is 1. The highest BCUT2D eigenvalue weighted by Crippen LogP contribution is 2.35. The second-order valence-electron chi connectivity index (χ2n) is 5.28. The summed E-state index contributed by atoms with van der Waals surface area (Å²) in [5, 5.41) is 11.4. The summed E-state index contributed by atoms with van der Waals surface area (Å²) in [7, 11) is -4.45. The van der Waals surface area contributed by atoms with Crippen LogP contribution in [0.25, 0.3) is 0 Å². The lowest BCUT2D eigenvalue weighted by molar-refractivity contribution is -0.111. The second kappa shape index (κ2) is 6.48. The van der Waals surface area contributed by atoms with Crippen molar-refractivity contribution in [3.05, 3.63) is 53.3 Å². The van der Waals surface area contributed by atoms with Crippen molar-refractivity contribution in [2.24, 2.45) is 0 Å². The topological polar surface area (TPSA) is 107 Å². The molecule has 1 atom stereocenters. The van der Waals surface area contributed by atoms with Crippen molar-refractivity contribution in [1.29, 1.82) is 0 Å². The Balaban J connectivity index is 2.24. The van der Waals surface area contributed by atoms with Crippen LogP contribution in [0.3, 0.4) is 0 Å². The molecule has 0 spiro atoms. The molecule has 4 N–H and O–H groups in total. The molecule has 2 rings (SSSR count). The first-order valence-corrected chi connectivity index (χ1v) is 8.43. The Morgan fingerprint density at radius 2 is 1.91 bits per heavy atom. The molecule has 0 aromatic heterocycles. The standard InChI is InChI=1S/C15H18NO5P/c1-10(11-5-7-12(17)8-6-11)9-13-14(16-22(19,20)21)3-2-4-15(13)18/h2,4-8,10,17H,3,9H2,1H3,(H3,16,19,20,21). The molecule has 0 radical (unpaired) electrons. The van der Waals surface area contributed by atoms with Crippen LogP contribution < -0.4 is 5.09 Å². The molecule has 0 amide bonds. The van der Waals surface area contributed by atoms with Crippen LogP contribution in [0.5, 0.6) is 5.75 Å². The summed E-state index contributed by atoms with van der Waals surface area (Å²) in [6.45, 7) is 1.92. The van der Waals surface area contributed by atoms with Gasteiger partial charge in [-0.3, -0.25) is 9.88 Å². The summed E-state index contributed by atoms with van der Waals surface area (Å²) < 4.78 is 11.1. The van der Waals surface area contributed by atoms with Gasteiger partial charge in [-0.25, -0.2) is 4.57 Å². The molecule has 1 aliphatic carbocycles. The van der Waals surface area contributed by atoms with Crippen molar-refractivity contribution in [2.45, 2.75) is 25.7 Å². The van der Waals surface area contributed by atoms with Crippen molar-refractivity contribution >= 4 is 13.5 Å². The number of hydrogen-bond donors (Lipinski definition) is 4. The van der Waals surface area contributed by atoms with Crippen molar-refractivity contribution in [1.82, 2.24) is 5.09 Å². The molecule has 0 aliphatic heterocycles. The second-order valence-corrected chi connectivity index (χ2v) is 6.59. The van der Waals surface area contributed by atoms with Crippen LogP contribution >= 0.6 is 7.75 Å². The molecule has 22 heavy (non-hydrogen) atoms. The van der Waals surface area contributed by atoms with Gasteiger partial charge in [-0.1, -0.05) is 25.1 Å². The molecular weight excluding hydrogens is 305 g/mol. The van der Waals surface area contributed by atoms with Gasteiger partial charge in [0.2, 0.25) is 0 Å². The van der Waals surface area contributed by atoms with Crippen LogP contribution in [-0.2, 0) is 9.36 Å². The number of phenols is 1. The van der Waals surface area contributed by atoms with Crippen molar-refractivity contribution in [2.75, 3.05) is 0 Å². The summed E-state index contributed by atoms with van der Waals surface area (Å²) in [4.78, 5) is 30.2. The molecule has 0 saturated heterocycles. The average Bonchev–Trinajstić information content (AvgIpc) is 2.41. The molecule has 0 fully saturated rings. The summed E-state index contributed by atoms with van der Waals surface area (Å²) >= 11 is 0. The first-order valence-electron chi connectivity index (χ1n) is 6.82. The molecule has 0 bridgehead atoms. The van der Waals surface area contributed by atoms with Crippen LogP contribution in [0.4, 0.5) is 0 Å². The number of rotatable bonds is 5. The summed E-state index contributed by atoms with van der Waals surface area (Å²) in [5.41, 5.74) is 1.58. The SMILES string of the molecule is CC(CC1=C(NP(=O)(O)O)CC=CC1=O)c1ccc(O)cc1. The first-order chi connectivity index (χ1) is 10.3. The Morgan fingerprint density at radius 1 is 1.27 bits per heavy atom. The van der Waals surface area contributed by atoms with E-state index >= 15 is 0 Å². The quantitative estimate of drug-likeness (QED) is 0.620. The fourth-order valence-electron chi connectivity index (χ4n) is 2.40. The fourth-order valence-corrected chi connectivity index (χ4v) is 2.97. The Bertz CT molecular complexity index is 672. The maximum atomic E-state index is 12.0. The van der Waals surface area contributed by atoms with E-state index in [0.717, 1.165) is 5.56 Å². The number of ketones is 1. The van der Waals surface area contributed by atoms with E-state index in [2.05, 4.69) is 5.09 Å². The van der Waals surface area contributed by atoms with Gasteiger partial charge < -0.3 is 14.9 Å². The largest absolute Gasteiger partial charge is 0.508 e. The zero-order valence-corrected chi connectivity index (χ0v) is 13.0. The number of phenolic OH excluding ortho intramolecular Hbond substituents is 1. The van der Waals surface area contributed by atoms with E-state index in [9.17, 15) is 14.5 Å². The predicted octanol–water partition coefficient (Wildman–Crippen LogP) is 2.35. The van der Waals surface area contributed by atoms with Crippen molar-refractivity contribution in [3.8, 4) is 5.75 Å². The van der Waals surface area contributed by atoms with Gasteiger partial charge in [-0.05, 0) is 36.1 Å². The highest BCUT2D eigenvalue weighted by molar-refractivity contribution is 7.49. The molecule has 7 heteroatoms. The molecule has 0 heterocycles. The minimum absolute atomic E-state index is 0.0281. The molecule has 118 valence electrons. The maximum absolute atomic E-state index is 12.0. The smallest absolute Gasteiger partial charge is 0.427 e. The number of benzene rings is 1. The normalized spacial score (nSPS) is 16.8. The van der Waals surface area contributed by atoms with Gasteiger partial charge >= 0.3 is 7.75 Å². The number of hydrogen-bond acceptors (Lipinski definition) is 3. The molecule has 1 aliphatic rings. The van der Waals surface area contributed by atoms with E-state index in [1.54, 1.807) is 30.3 Å². The van der Waals surface area contributed by atoms with Gasteiger partial charge in [0.25, 0.3) is 0 Å². The lowest BCUT2D eigenvalue weighted by Crippen LogP contribution is -2.19. The van der Waals surface area contributed by atoms with Crippen LogP contribution in [0.2, 0.25) is 0 Å². The number of allylic oxidation sites excluding steroid dienone is 3. The van der Waals surface area contributed by atoms with Crippen LogP contribution in [0.1, 0.15) is 31.2 Å². The third-order valence-electron chi connectivity index (χ3n) is 3.51. The van der Waals surface area contributed by atoms with Gasteiger partial charge in [-0.15, -0.1) is 0 Å². The highest BCUT2D eigenvalue weighted by atomic mass is 31.2. The van der Waals surface area contributed by atoms with Crippen LogP contribution in [0.15, 0.2) is 47.7 Å². The Kier molecular flexibility index (Phi) is 4.86.